The molecule has 3 aromatic heterocycles. The van der Waals surface area contributed by atoms with Gasteiger partial charge in [-0.15, -0.1) is 0 Å². The van der Waals surface area contributed by atoms with Gasteiger partial charge in [0.25, 0.3) is 0 Å². The van der Waals surface area contributed by atoms with Gasteiger partial charge in [-0.1, -0.05) is 24.6 Å². The van der Waals surface area contributed by atoms with E-state index in [0.29, 0.717) is 0 Å². The third kappa shape index (κ3) is 4.95. The Balaban J connectivity index is 1.26. The molecule has 6 rings (SSSR count). The second-order valence-electron chi connectivity index (χ2n) is 10.2. The molecule has 1 aliphatic heterocycles. The second-order valence-corrected chi connectivity index (χ2v) is 10.2. The van der Waals surface area contributed by atoms with Gasteiger partial charge in [-0.05, 0) is 80.2 Å². The summed E-state index contributed by atoms with van der Waals surface area (Å²) in [4.78, 5) is 14.5. The van der Waals surface area contributed by atoms with Gasteiger partial charge in [-0.2, -0.15) is 5.10 Å². The van der Waals surface area contributed by atoms with E-state index in [1.807, 2.05) is 35.0 Å². The van der Waals surface area contributed by atoms with E-state index in [2.05, 4.69) is 33.0 Å². The molecule has 2 fully saturated rings. The van der Waals surface area contributed by atoms with Crippen molar-refractivity contribution in [3.05, 3.63) is 77.9 Å². The molecule has 192 valence electrons. The molecule has 4 aromatic rings. The van der Waals surface area contributed by atoms with E-state index >= 15 is 0 Å². The Hall–Kier alpha value is -3.36. The summed E-state index contributed by atoms with van der Waals surface area (Å²) in [6.45, 7) is 5.78. The zero-order valence-corrected chi connectivity index (χ0v) is 21.1. The van der Waals surface area contributed by atoms with Gasteiger partial charge < -0.3 is 10.6 Å². The Morgan fingerprint density at radius 2 is 1.78 bits per heavy atom. The third-order valence-electron chi connectivity index (χ3n) is 7.93. The van der Waals surface area contributed by atoms with Crippen molar-refractivity contribution in [1.82, 2.24) is 24.5 Å². The Labute approximate surface area is 217 Å². The molecule has 1 aliphatic carbocycles. The fraction of sp³-hybridized carbons (Fsp3) is 0.414. The Kier molecular flexibility index (Phi) is 6.85. The number of rotatable bonds is 7. The van der Waals surface area contributed by atoms with Gasteiger partial charge in [0, 0.05) is 32.1 Å². The summed E-state index contributed by atoms with van der Waals surface area (Å²) in [7, 11) is 0. The lowest BCUT2D eigenvalue weighted by molar-refractivity contribution is 0.256. The second kappa shape index (κ2) is 10.6. The topological polar surface area (TPSA) is 75.6 Å². The molecular formula is C29H34FN7. The van der Waals surface area contributed by atoms with E-state index in [-0.39, 0.29) is 17.7 Å². The number of nitrogens with two attached hydrogens (primary N) is 1. The molecule has 1 saturated carbocycles. The maximum Gasteiger partial charge on any atom is 0.154 e. The Morgan fingerprint density at radius 1 is 0.946 bits per heavy atom. The number of hydrogen-bond donors (Lipinski definition) is 1. The number of halogens is 1. The number of hydrogen-bond acceptors (Lipinski definition) is 6. The highest BCUT2D eigenvalue weighted by Crippen LogP contribution is 2.45. The molecule has 0 bridgehead atoms. The van der Waals surface area contributed by atoms with Crippen LogP contribution in [0.1, 0.15) is 48.8 Å². The number of pyridine rings is 1. The minimum atomic E-state index is -0.175. The van der Waals surface area contributed by atoms with E-state index in [1.54, 1.807) is 6.07 Å². The van der Waals surface area contributed by atoms with Crippen molar-refractivity contribution in [1.29, 1.82) is 0 Å². The summed E-state index contributed by atoms with van der Waals surface area (Å²) < 4.78 is 15.9. The van der Waals surface area contributed by atoms with Gasteiger partial charge in [-0.25, -0.2) is 18.9 Å². The fourth-order valence-electron chi connectivity index (χ4n) is 5.97. The summed E-state index contributed by atoms with van der Waals surface area (Å²) in [5, 5.41) is 5.06. The monoisotopic (exact) mass is 499 g/mol. The van der Waals surface area contributed by atoms with Gasteiger partial charge in [0.05, 0.1) is 17.6 Å². The molecule has 0 radical (unpaired) electrons. The zero-order chi connectivity index (χ0) is 25.2. The predicted molar refractivity (Wildman–Crippen MR) is 144 cm³/mol. The molecule has 1 unspecified atom stereocenters. The first-order valence-electron chi connectivity index (χ1n) is 13.4. The summed E-state index contributed by atoms with van der Waals surface area (Å²) in [6, 6.07) is 17.4. The van der Waals surface area contributed by atoms with Crippen molar-refractivity contribution in [2.24, 2.45) is 5.73 Å². The lowest BCUT2D eigenvalue weighted by atomic mass is 9.86. The van der Waals surface area contributed by atoms with Gasteiger partial charge >= 0.3 is 0 Å². The molecular weight excluding hydrogens is 465 g/mol. The van der Waals surface area contributed by atoms with Crippen molar-refractivity contribution in [2.75, 3.05) is 44.2 Å². The van der Waals surface area contributed by atoms with Gasteiger partial charge in [0.1, 0.15) is 17.3 Å². The number of imidazole rings is 1. The maximum absolute atomic E-state index is 13.9. The SMILES string of the molecule is NCCCN1CCN(c2cccc(-c3cnc4ccc(C5CCC[C@@H]5c5cccc(F)c5)nn34)n2)CC1. The zero-order valence-electron chi connectivity index (χ0n) is 21.1. The normalized spacial score (nSPS) is 20.6. The van der Waals surface area contributed by atoms with Crippen LogP contribution in [0.3, 0.4) is 0 Å². The van der Waals surface area contributed by atoms with Crippen LogP contribution < -0.4 is 10.6 Å². The Morgan fingerprint density at radius 3 is 2.62 bits per heavy atom. The average molecular weight is 500 g/mol. The standard InChI is InChI=1S/C29H34FN7/c30-22-6-1-5-21(19-22)23-7-2-8-24(23)25-11-12-28-32-20-27(37(28)34-25)26-9-3-10-29(33-26)36-17-15-35(16-18-36)14-4-13-31/h1,3,5-6,9-12,19-20,23-24H,2,4,7-8,13-18,31H2/t23-,24?/m1/s1. The van der Waals surface area contributed by atoms with Gasteiger partial charge in [0.15, 0.2) is 5.65 Å². The molecule has 2 N–H and O–H groups in total. The lowest BCUT2D eigenvalue weighted by Gasteiger charge is -2.35. The van der Waals surface area contributed by atoms with E-state index < -0.39 is 0 Å². The number of anilines is 1. The van der Waals surface area contributed by atoms with Crippen molar-refractivity contribution >= 4 is 11.5 Å². The summed E-state index contributed by atoms with van der Waals surface area (Å²) in [5.74, 6) is 1.35. The van der Waals surface area contributed by atoms with E-state index in [0.717, 1.165) is 99.1 Å². The first kappa shape index (κ1) is 24.0. The highest BCUT2D eigenvalue weighted by molar-refractivity contribution is 5.61. The molecule has 0 amide bonds. The maximum atomic E-state index is 13.9. The van der Waals surface area contributed by atoms with Crippen LogP contribution in [0.5, 0.6) is 0 Å². The number of fused-ring (bicyclic) bond motifs is 1. The highest BCUT2D eigenvalue weighted by Gasteiger charge is 2.31. The minimum absolute atomic E-state index is 0.175. The van der Waals surface area contributed by atoms with Crippen LogP contribution in [0.15, 0.2) is 60.8 Å². The molecule has 2 atom stereocenters. The van der Waals surface area contributed by atoms with E-state index in [4.69, 9.17) is 15.8 Å². The van der Waals surface area contributed by atoms with Crippen LogP contribution >= 0.6 is 0 Å². The summed E-state index contributed by atoms with van der Waals surface area (Å²) in [5.41, 5.74) is 10.3. The summed E-state index contributed by atoms with van der Waals surface area (Å²) in [6.07, 6.45) is 6.12. The number of nitrogens with zero attached hydrogens (tertiary/aromatic N) is 6. The smallest absolute Gasteiger partial charge is 0.154 e. The first-order valence-corrected chi connectivity index (χ1v) is 13.4. The van der Waals surface area contributed by atoms with Crippen LogP contribution in [0.4, 0.5) is 10.2 Å². The van der Waals surface area contributed by atoms with Crippen LogP contribution in [0.2, 0.25) is 0 Å². The molecule has 0 spiro atoms. The quantitative estimate of drug-likeness (QED) is 0.405. The molecule has 2 aliphatic rings. The predicted octanol–water partition coefficient (Wildman–Crippen LogP) is 4.45. The summed E-state index contributed by atoms with van der Waals surface area (Å²) >= 11 is 0. The third-order valence-corrected chi connectivity index (χ3v) is 7.93. The van der Waals surface area contributed by atoms with Crippen molar-refractivity contribution in [3.8, 4) is 11.4 Å². The number of piperazine rings is 1. The van der Waals surface area contributed by atoms with E-state index in [9.17, 15) is 4.39 Å². The molecule has 4 heterocycles. The molecule has 7 nitrogen and oxygen atoms in total. The van der Waals surface area contributed by atoms with Crippen LogP contribution in [-0.2, 0) is 0 Å². The van der Waals surface area contributed by atoms with Gasteiger partial charge in [-0.3, -0.25) is 4.90 Å². The first-order chi connectivity index (χ1) is 18.2. The van der Waals surface area contributed by atoms with Crippen molar-refractivity contribution in [3.63, 3.8) is 0 Å². The molecule has 8 heteroatoms. The molecule has 37 heavy (non-hydrogen) atoms. The van der Waals surface area contributed by atoms with Crippen LogP contribution in [0, 0.1) is 5.82 Å². The number of aromatic nitrogens is 4. The Bertz CT molecular complexity index is 1360. The van der Waals surface area contributed by atoms with Crippen LogP contribution in [-0.4, -0.2) is 63.8 Å². The average Bonchev–Trinajstić information content (AvgIpc) is 3.60. The number of benzene rings is 1. The van der Waals surface area contributed by atoms with Crippen molar-refractivity contribution in [2.45, 2.75) is 37.5 Å². The largest absolute Gasteiger partial charge is 0.354 e. The van der Waals surface area contributed by atoms with E-state index in [1.165, 1.54) is 6.07 Å². The molecule has 1 aromatic carbocycles. The van der Waals surface area contributed by atoms with Gasteiger partial charge in [0.2, 0.25) is 0 Å². The minimum Gasteiger partial charge on any atom is -0.354 e. The molecule has 1 saturated heterocycles. The fourth-order valence-corrected chi connectivity index (χ4v) is 5.97. The lowest BCUT2D eigenvalue weighted by Crippen LogP contribution is -2.47. The highest BCUT2D eigenvalue weighted by atomic mass is 19.1. The van der Waals surface area contributed by atoms with Crippen LogP contribution in [0.25, 0.3) is 17.0 Å². The van der Waals surface area contributed by atoms with Crippen molar-refractivity contribution < 1.29 is 4.39 Å².